The van der Waals surface area contributed by atoms with E-state index >= 15 is 0 Å². The van der Waals surface area contributed by atoms with Crippen LogP contribution in [0.1, 0.15) is 28.4 Å². The first kappa shape index (κ1) is 27.9. The quantitative estimate of drug-likeness (QED) is 0.140. The number of aliphatic hydroxyl groups excluding tert-OH is 1. The number of aromatic nitrogens is 2. The van der Waals surface area contributed by atoms with E-state index in [0.717, 1.165) is 11.1 Å². The largest absolute Gasteiger partial charge is 0.432 e. The summed E-state index contributed by atoms with van der Waals surface area (Å²) < 4.78 is 32.2. The molecule has 0 aliphatic carbocycles. The van der Waals surface area contributed by atoms with Crippen molar-refractivity contribution in [3.05, 3.63) is 111 Å². The number of hydrogen-bond donors (Lipinski definition) is 1. The molecule has 2 aromatic carbocycles. The van der Waals surface area contributed by atoms with Gasteiger partial charge in [0.25, 0.3) is 0 Å². The van der Waals surface area contributed by atoms with Crippen LogP contribution in [0.5, 0.6) is 0 Å². The molecule has 0 aliphatic rings. The highest BCUT2D eigenvalue weighted by molar-refractivity contribution is 9.10. The number of benzene rings is 2. The molecule has 0 fully saturated rings. The predicted octanol–water partition coefficient (Wildman–Crippen LogP) is 5.28. The van der Waals surface area contributed by atoms with Crippen LogP contribution >= 0.6 is 23.5 Å². The average molecular weight is 601 g/mol. The topological polar surface area (TPSA) is 117 Å². The number of ether oxygens (including phenoxy) is 1. The Hall–Kier alpha value is -3.14. The van der Waals surface area contributed by atoms with Gasteiger partial charge in [-0.05, 0) is 40.0 Å². The van der Waals surface area contributed by atoms with Crippen molar-refractivity contribution in [2.24, 2.45) is 0 Å². The van der Waals surface area contributed by atoms with Gasteiger partial charge in [-0.2, -0.15) is 0 Å². The molecule has 0 saturated heterocycles. The molecule has 198 valence electrons. The number of halogens is 1. The smallest absolute Gasteiger partial charge is 0.345 e. The number of esters is 1. The summed E-state index contributed by atoms with van der Waals surface area (Å²) in [4.78, 5) is 30.2. The van der Waals surface area contributed by atoms with Crippen molar-refractivity contribution < 1.29 is 28.3 Å². The summed E-state index contributed by atoms with van der Waals surface area (Å²) in [6.07, 6.45) is 0.405. The summed E-state index contributed by atoms with van der Waals surface area (Å²) in [6.45, 7) is 2.19. The minimum Gasteiger partial charge on any atom is -0.432 e. The predicted molar refractivity (Wildman–Crippen MR) is 146 cm³/mol. The Bertz CT molecular complexity index is 1470. The lowest BCUT2D eigenvalue weighted by molar-refractivity contribution is -0.0534. The minimum absolute atomic E-state index is 0.0403. The second-order valence-electron chi connectivity index (χ2n) is 8.35. The van der Waals surface area contributed by atoms with Gasteiger partial charge in [0.05, 0.1) is 18.6 Å². The second kappa shape index (κ2) is 12.6. The van der Waals surface area contributed by atoms with E-state index in [9.17, 15) is 19.3 Å². The van der Waals surface area contributed by atoms with E-state index in [1.165, 1.54) is 6.20 Å². The van der Waals surface area contributed by atoms with Gasteiger partial charge >= 0.3 is 13.6 Å². The van der Waals surface area contributed by atoms with Crippen LogP contribution in [0.25, 0.3) is 11.0 Å². The number of fused-ring (bicyclic) bond motifs is 1. The Balaban J connectivity index is 1.52. The van der Waals surface area contributed by atoms with Crippen LogP contribution in [0.15, 0.2) is 88.4 Å². The number of nitrogens with zero attached hydrogens (tertiary/aromatic N) is 2. The molecule has 2 heterocycles. The van der Waals surface area contributed by atoms with E-state index < -0.39 is 31.4 Å². The molecule has 0 saturated carbocycles. The Kier molecular flexibility index (Phi) is 9.25. The standard InChI is InChI=1S/C27H26BrN2O7P/c1-2-30-15-23(25(32)22-13-21(28)14-29-26(22)30)27(33)37-24(31)18-38(34,35-16-19-9-5-3-6-10-19)36-17-20-11-7-4-8-12-20/h3-15,24,31H,2,16-18H2,1H3. The Morgan fingerprint density at radius 2 is 1.63 bits per heavy atom. The molecule has 4 rings (SSSR count). The number of hydrogen-bond acceptors (Lipinski definition) is 8. The summed E-state index contributed by atoms with van der Waals surface area (Å²) in [5.74, 6) is -1.07. The maximum Gasteiger partial charge on any atom is 0.345 e. The summed E-state index contributed by atoms with van der Waals surface area (Å²) in [5, 5.41) is 10.8. The van der Waals surface area contributed by atoms with E-state index in [-0.39, 0.29) is 24.2 Å². The highest BCUT2D eigenvalue weighted by atomic mass is 79.9. The molecule has 9 nitrogen and oxygen atoms in total. The first-order valence-electron chi connectivity index (χ1n) is 11.8. The number of aliphatic hydroxyl groups is 1. The number of carbonyl (C=O) groups excluding carboxylic acids is 1. The number of aryl methyl sites for hydroxylation is 1. The lowest BCUT2D eigenvalue weighted by Crippen LogP contribution is -2.27. The van der Waals surface area contributed by atoms with Gasteiger partial charge in [-0.1, -0.05) is 60.7 Å². The zero-order valence-electron chi connectivity index (χ0n) is 20.5. The second-order valence-corrected chi connectivity index (χ2v) is 11.4. The van der Waals surface area contributed by atoms with Gasteiger partial charge in [-0.15, -0.1) is 0 Å². The summed E-state index contributed by atoms with van der Waals surface area (Å²) in [6, 6.07) is 19.7. The van der Waals surface area contributed by atoms with Gasteiger partial charge in [-0.25, -0.2) is 9.78 Å². The van der Waals surface area contributed by atoms with Gasteiger partial charge in [0.2, 0.25) is 11.7 Å². The molecule has 38 heavy (non-hydrogen) atoms. The highest BCUT2D eigenvalue weighted by Gasteiger charge is 2.32. The SMILES string of the molecule is CCn1cc(C(=O)OC(O)CP(=O)(OCc2ccccc2)OCc2ccccc2)c(=O)c2cc(Br)cnc21. The monoisotopic (exact) mass is 600 g/mol. The third-order valence-corrected chi connectivity index (χ3v) is 7.84. The molecule has 1 unspecified atom stereocenters. The van der Waals surface area contributed by atoms with Crippen LogP contribution in [-0.2, 0) is 38.1 Å². The lowest BCUT2D eigenvalue weighted by Gasteiger charge is -2.21. The van der Waals surface area contributed by atoms with E-state index in [1.807, 2.05) is 43.3 Å². The lowest BCUT2D eigenvalue weighted by atomic mass is 10.2. The molecular formula is C27H26BrN2O7P. The number of pyridine rings is 2. The van der Waals surface area contributed by atoms with Crippen molar-refractivity contribution in [1.29, 1.82) is 0 Å². The van der Waals surface area contributed by atoms with E-state index in [2.05, 4.69) is 20.9 Å². The highest BCUT2D eigenvalue weighted by Crippen LogP contribution is 2.50. The van der Waals surface area contributed by atoms with Crippen molar-refractivity contribution in [1.82, 2.24) is 9.55 Å². The van der Waals surface area contributed by atoms with Gasteiger partial charge in [0, 0.05) is 23.4 Å². The Morgan fingerprint density at radius 1 is 1.05 bits per heavy atom. The molecule has 0 bridgehead atoms. The first-order valence-corrected chi connectivity index (χ1v) is 14.3. The van der Waals surface area contributed by atoms with Gasteiger partial charge < -0.3 is 23.5 Å². The third kappa shape index (κ3) is 7.03. The Morgan fingerprint density at radius 3 is 2.18 bits per heavy atom. The zero-order valence-corrected chi connectivity index (χ0v) is 23.0. The zero-order chi connectivity index (χ0) is 27.1. The van der Waals surface area contributed by atoms with Crippen LogP contribution in [0.2, 0.25) is 0 Å². The molecule has 0 aliphatic heterocycles. The Labute approximate surface area is 227 Å². The fourth-order valence-electron chi connectivity index (χ4n) is 3.69. The van der Waals surface area contributed by atoms with Crippen LogP contribution in [0, 0.1) is 0 Å². The van der Waals surface area contributed by atoms with E-state index in [0.29, 0.717) is 16.7 Å². The van der Waals surface area contributed by atoms with Gasteiger partial charge in [0.1, 0.15) is 17.4 Å². The third-order valence-electron chi connectivity index (χ3n) is 5.60. The summed E-state index contributed by atoms with van der Waals surface area (Å²) in [7, 11) is -3.95. The van der Waals surface area contributed by atoms with Gasteiger partial charge in [0.15, 0.2) is 0 Å². The number of carbonyl (C=O) groups is 1. The molecule has 11 heteroatoms. The van der Waals surface area contributed by atoms with Crippen LogP contribution in [0.3, 0.4) is 0 Å². The number of rotatable bonds is 11. The average Bonchev–Trinajstić information content (AvgIpc) is 2.92. The van der Waals surface area contributed by atoms with E-state index in [4.69, 9.17) is 13.8 Å². The molecule has 4 aromatic rings. The molecule has 1 atom stereocenters. The normalized spacial score (nSPS) is 12.4. The minimum atomic E-state index is -3.95. The van der Waals surface area contributed by atoms with Crippen molar-refractivity contribution in [3.63, 3.8) is 0 Å². The molecule has 0 amide bonds. The molecule has 0 radical (unpaired) electrons. The molecule has 2 aromatic heterocycles. The van der Waals surface area contributed by atoms with Crippen LogP contribution in [0.4, 0.5) is 0 Å². The van der Waals surface area contributed by atoms with Crippen molar-refractivity contribution in [3.8, 4) is 0 Å². The summed E-state index contributed by atoms with van der Waals surface area (Å²) >= 11 is 3.29. The molecule has 0 spiro atoms. The maximum absolute atomic E-state index is 13.6. The van der Waals surface area contributed by atoms with Crippen molar-refractivity contribution in [2.75, 3.05) is 6.16 Å². The molecular weight excluding hydrogens is 575 g/mol. The van der Waals surface area contributed by atoms with Crippen molar-refractivity contribution in [2.45, 2.75) is 33.0 Å². The maximum atomic E-state index is 13.6. The fourth-order valence-corrected chi connectivity index (χ4v) is 5.45. The van der Waals surface area contributed by atoms with Crippen molar-refractivity contribution >= 4 is 40.5 Å². The van der Waals surface area contributed by atoms with E-state index in [1.54, 1.807) is 41.1 Å². The summed E-state index contributed by atoms with van der Waals surface area (Å²) in [5.41, 5.74) is 1.02. The van der Waals surface area contributed by atoms with Crippen LogP contribution in [-0.4, -0.2) is 33.1 Å². The van der Waals surface area contributed by atoms with Gasteiger partial charge in [-0.3, -0.25) is 9.36 Å². The first-order chi connectivity index (χ1) is 18.3. The molecule has 1 N–H and O–H groups in total. The van der Waals surface area contributed by atoms with Crippen LogP contribution < -0.4 is 5.43 Å². The fraction of sp³-hybridized carbons (Fsp3) is 0.222.